The molecular formula is C16H23ClN2O. The van der Waals surface area contributed by atoms with Crippen molar-refractivity contribution < 1.29 is 4.79 Å². The van der Waals surface area contributed by atoms with Gasteiger partial charge >= 0.3 is 0 Å². The van der Waals surface area contributed by atoms with Crippen molar-refractivity contribution in [3.63, 3.8) is 0 Å². The van der Waals surface area contributed by atoms with Gasteiger partial charge in [0, 0.05) is 11.6 Å². The molecule has 1 N–H and O–H groups in total. The second-order valence-corrected chi connectivity index (χ2v) is 6.24. The van der Waals surface area contributed by atoms with Gasteiger partial charge in [0.1, 0.15) is 0 Å². The van der Waals surface area contributed by atoms with Crippen LogP contribution in [0.2, 0.25) is 5.02 Å². The largest absolute Gasteiger partial charge is 0.355 e. The molecule has 1 amide bonds. The van der Waals surface area contributed by atoms with E-state index in [2.05, 4.69) is 24.3 Å². The standard InChI is InChI=1S/C16H23ClN2O/c1-19(2)12-6-5-11-18-15(20)16(9-10-16)13-7-3-4-8-14(13)17/h3-4,7-8H,5-6,9-12H2,1-2H3,(H,18,20). The Morgan fingerprint density at radius 2 is 2.00 bits per heavy atom. The van der Waals surface area contributed by atoms with Crippen molar-refractivity contribution >= 4 is 17.5 Å². The van der Waals surface area contributed by atoms with Crippen LogP contribution < -0.4 is 5.32 Å². The summed E-state index contributed by atoms with van der Waals surface area (Å²) in [5, 5.41) is 3.77. The van der Waals surface area contributed by atoms with Crippen LogP contribution in [-0.4, -0.2) is 38.0 Å². The second kappa shape index (κ2) is 6.59. The van der Waals surface area contributed by atoms with E-state index < -0.39 is 0 Å². The summed E-state index contributed by atoms with van der Waals surface area (Å²) >= 11 is 6.23. The van der Waals surface area contributed by atoms with Crippen LogP contribution in [0.25, 0.3) is 0 Å². The molecule has 0 saturated heterocycles. The van der Waals surface area contributed by atoms with Crippen molar-refractivity contribution in [2.45, 2.75) is 31.1 Å². The lowest BCUT2D eigenvalue weighted by atomic mass is 9.95. The smallest absolute Gasteiger partial charge is 0.230 e. The quantitative estimate of drug-likeness (QED) is 0.784. The number of carbonyl (C=O) groups excluding carboxylic acids is 1. The average Bonchev–Trinajstić information content (AvgIpc) is 3.20. The molecule has 4 heteroatoms. The Morgan fingerprint density at radius 1 is 1.30 bits per heavy atom. The third-order valence-electron chi connectivity index (χ3n) is 3.89. The fourth-order valence-corrected chi connectivity index (χ4v) is 2.83. The Hall–Kier alpha value is -1.06. The molecular weight excluding hydrogens is 272 g/mol. The first kappa shape index (κ1) is 15.3. The highest BCUT2D eigenvalue weighted by atomic mass is 35.5. The van der Waals surface area contributed by atoms with E-state index in [0.29, 0.717) is 5.02 Å². The zero-order chi connectivity index (χ0) is 14.6. The summed E-state index contributed by atoms with van der Waals surface area (Å²) in [5.41, 5.74) is 0.618. The highest BCUT2D eigenvalue weighted by Gasteiger charge is 2.51. The monoisotopic (exact) mass is 294 g/mol. The maximum absolute atomic E-state index is 12.4. The van der Waals surface area contributed by atoms with Gasteiger partial charge in [0.25, 0.3) is 0 Å². The van der Waals surface area contributed by atoms with E-state index in [1.54, 1.807) is 0 Å². The molecule has 1 fully saturated rings. The number of nitrogens with zero attached hydrogens (tertiary/aromatic N) is 1. The van der Waals surface area contributed by atoms with E-state index in [1.807, 2.05) is 24.3 Å². The van der Waals surface area contributed by atoms with E-state index in [0.717, 1.165) is 44.3 Å². The summed E-state index contributed by atoms with van der Waals surface area (Å²) in [5.74, 6) is 0.135. The number of carbonyl (C=O) groups is 1. The minimum atomic E-state index is -0.361. The van der Waals surface area contributed by atoms with Crippen LogP contribution in [0.1, 0.15) is 31.2 Å². The van der Waals surface area contributed by atoms with Gasteiger partial charge in [0.2, 0.25) is 5.91 Å². The molecule has 1 aromatic carbocycles. The Labute approximate surface area is 126 Å². The predicted octanol–water partition coefficient (Wildman–Crippen LogP) is 2.83. The molecule has 0 atom stereocenters. The molecule has 3 nitrogen and oxygen atoms in total. The number of amides is 1. The number of hydrogen-bond acceptors (Lipinski definition) is 2. The fourth-order valence-electron chi connectivity index (χ4n) is 2.52. The Bertz CT molecular complexity index is 469. The molecule has 1 aliphatic rings. The molecule has 0 heterocycles. The number of unbranched alkanes of at least 4 members (excludes halogenated alkanes) is 1. The number of halogens is 1. The maximum atomic E-state index is 12.4. The highest BCUT2D eigenvalue weighted by Crippen LogP contribution is 2.50. The molecule has 0 aliphatic heterocycles. The number of rotatable bonds is 7. The van der Waals surface area contributed by atoms with Crippen LogP contribution in [0.3, 0.4) is 0 Å². The molecule has 0 bridgehead atoms. The zero-order valence-electron chi connectivity index (χ0n) is 12.3. The lowest BCUT2D eigenvalue weighted by molar-refractivity contribution is -0.123. The van der Waals surface area contributed by atoms with Crippen LogP contribution in [0.4, 0.5) is 0 Å². The Kier molecular flexibility index (Phi) is 5.06. The van der Waals surface area contributed by atoms with Crippen LogP contribution in [0.15, 0.2) is 24.3 Å². The summed E-state index contributed by atoms with van der Waals surface area (Å²) in [6, 6.07) is 7.69. The minimum absolute atomic E-state index is 0.135. The van der Waals surface area contributed by atoms with Gasteiger partial charge in [-0.3, -0.25) is 4.79 Å². The molecule has 0 radical (unpaired) electrons. The first-order chi connectivity index (χ1) is 9.56. The molecule has 20 heavy (non-hydrogen) atoms. The number of nitrogens with one attached hydrogen (secondary N) is 1. The minimum Gasteiger partial charge on any atom is -0.355 e. The van der Waals surface area contributed by atoms with Gasteiger partial charge in [-0.15, -0.1) is 0 Å². The first-order valence-corrected chi connectivity index (χ1v) is 7.62. The van der Waals surface area contributed by atoms with Crippen LogP contribution in [0, 0.1) is 0 Å². The summed E-state index contributed by atoms with van der Waals surface area (Å²) in [6.07, 6.45) is 3.93. The molecule has 1 saturated carbocycles. The Balaban J connectivity index is 1.85. The Morgan fingerprint density at radius 3 is 2.60 bits per heavy atom. The lowest BCUT2D eigenvalue weighted by Gasteiger charge is -2.17. The topological polar surface area (TPSA) is 32.3 Å². The molecule has 0 spiro atoms. The van der Waals surface area contributed by atoms with Crippen LogP contribution in [-0.2, 0) is 10.2 Å². The van der Waals surface area contributed by atoms with Gasteiger partial charge in [-0.1, -0.05) is 29.8 Å². The van der Waals surface area contributed by atoms with Crippen LogP contribution in [0.5, 0.6) is 0 Å². The first-order valence-electron chi connectivity index (χ1n) is 7.24. The number of hydrogen-bond donors (Lipinski definition) is 1. The van der Waals surface area contributed by atoms with E-state index in [9.17, 15) is 4.79 Å². The molecule has 2 rings (SSSR count). The summed E-state index contributed by atoms with van der Waals surface area (Å²) in [6.45, 7) is 1.81. The third-order valence-corrected chi connectivity index (χ3v) is 4.22. The van der Waals surface area contributed by atoms with Crippen molar-refractivity contribution in [2.75, 3.05) is 27.2 Å². The second-order valence-electron chi connectivity index (χ2n) is 5.83. The molecule has 110 valence electrons. The SMILES string of the molecule is CN(C)CCCCNC(=O)C1(c2ccccc2Cl)CC1. The fraction of sp³-hybridized carbons (Fsp3) is 0.562. The van der Waals surface area contributed by atoms with E-state index >= 15 is 0 Å². The summed E-state index contributed by atoms with van der Waals surface area (Å²) in [7, 11) is 4.13. The number of benzene rings is 1. The third kappa shape index (κ3) is 3.53. The maximum Gasteiger partial charge on any atom is 0.230 e. The summed E-state index contributed by atoms with van der Waals surface area (Å²) < 4.78 is 0. The molecule has 1 aromatic rings. The van der Waals surface area contributed by atoms with Crippen molar-refractivity contribution in [1.29, 1.82) is 0 Å². The van der Waals surface area contributed by atoms with E-state index in [-0.39, 0.29) is 11.3 Å². The van der Waals surface area contributed by atoms with Crippen LogP contribution >= 0.6 is 11.6 Å². The average molecular weight is 295 g/mol. The molecule has 0 aromatic heterocycles. The van der Waals surface area contributed by atoms with Crippen molar-refractivity contribution in [3.8, 4) is 0 Å². The van der Waals surface area contributed by atoms with Gasteiger partial charge in [-0.25, -0.2) is 0 Å². The predicted molar refractivity (Wildman–Crippen MR) is 83.2 cm³/mol. The van der Waals surface area contributed by atoms with Gasteiger partial charge < -0.3 is 10.2 Å². The van der Waals surface area contributed by atoms with Gasteiger partial charge in [0.15, 0.2) is 0 Å². The van der Waals surface area contributed by atoms with Crippen molar-refractivity contribution in [1.82, 2.24) is 10.2 Å². The van der Waals surface area contributed by atoms with Crippen molar-refractivity contribution in [2.24, 2.45) is 0 Å². The molecule has 0 unspecified atom stereocenters. The van der Waals surface area contributed by atoms with Crippen molar-refractivity contribution in [3.05, 3.63) is 34.9 Å². The van der Waals surface area contributed by atoms with E-state index in [4.69, 9.17) is 11.6 Å². The van der Waals surface area contributed by atoms with E-state index in [1.165, 1.54) is 0 Å². The molecule has 1 aliphatic carbocycles. The lowest BCUT2D eigenvalue weighted by Crippen LogP contribution is -2.35. The zero-order valence-corrected chi connectivity index (χ0v) is 13.0. The highest BCUT2D eigenvalue weighted by molar-refractivity contribution is 6.31. The van der Waals surface area contributed by atoms with Gasteiger partial charge in [0.05, 0.1) is 5.41 Å². The van der Waals surface area contributed by atoms with Gasteiger partial charge in [-0.2, -0.15) is 0 Å². The van der Waals surface area contributed by atoms with Gasteiger partial charge in [-0.05, 0) is 58.0 Å². The normalized spacial score (nSPS) is 16.2. The summed E-state index contributed by atoms with van der Waals surface area (Å²) in [4.78, 5) is 14.6.